The summed E-state index contributed by atoms with van der Waals surface area (Å²) in [6.45, 7) is 0.410. The first kappa shape index (κ1) is 15.8. The third-order valence-corrected chi connectivity index (χ3v) is 5.08. The molecule has 0 unspecified atom stereocenters. The Labute approximate surface area is 130 Å². The van der Waals surface area contributed by atoms with Crippen LogP contribution in [-0.2, 0) is 16.0 Å². The number of aliphatic carboxylic acids is 1. The highest BCUT2D eigenvalue weighted by Crippen LogP contribution is 2.48. The van der Waals surface area contributed by atoms with E-state index >= 15 is 0 Å². The van der Waals surface area contributed by atoms with Crippen molar-refractivity contribution in [1.29, 1.82) is 0 Å². The van der Waals surface area contributed by atoms with E-state index < -0.39 is 41.2 Å². The van der Waals surface area contributed by atoms with Gasteiger partial charge in [0.05, 0.1) is 11.8 Å². The molecule has 1 saturated carbocycles. The Morgan fingerprint density at radius 2 is 1.91 bits per heavy atom. The maximum atomic E-state index is 13.6. The highest BCUT2D eigenvalue weighted by atomic mass is 19.2. The van der Waals surface area contributed by atoms with Crippen molar-refractivity contribution < 1.29 is 27.9 Å². The van der Waals surface area contributed by atoms with Crippen molar-refractivity contribution >= 4 is 11.9 Å². The quantitative estimate of drug-likeness (QED) is 0.867. The lowest BCUT2D eigenvalue weighted by Gasteiger charge is -2.23. The Morgan fingerprint density at radius 1 is 1.22 bits per heavy atom. The summed E-state index contributed by atoms with van der Waals surface area (Å²) in [5, 5.41) is 9.49. The summed E-state index contributed by atoms with van der Waals surface area (Å²) in [5.41, 5.74) is -1.14. The van der Waals surface area contributed by atoms with E-state index in [2.05, 4.69) is 0 Å². The number of amides is 1. The number of hydrogen-bond acceptors (Lipinski definition) is 2. The van der Waals surface area contributed by atoms with Crippen LogP contribution in [0.15, 0.2) is 12.1 Å². The first-order chi connectivity index (χ1) is 10.8. The molecular formula is C16H16F3NO3. The smallest absolute Gasteiger partial charge is 0.311 e. The van der Waals surface area contributed by atoms with Crippen molar-refractivity contribution in [3.05, 3.63) is 35.1 Å². The van der Waals surface area contributed by atoms with Gasteiger partial charge in [-0.1, -0.05) is 6.42 Å². The van der Waals surface area contributed by atoms with Gasteiger partial charge in [0, 0.05) is 24.7 Å². The lowest BCUT2D eigenvalue weighted by Crippen LogP contribution is -2.37. The summed E-state index contributed by atoms with van der Waals surface area (Å²) < 4.78 is 39.8. The number of carboxylic acids is 1. The minimum absolute atomic E-state index is 0.0944. The Balaban J connectivity index is 1.76. The molecule has 23 heavy (non-hydrogen) atoms. The average Bonchev–Trinajstić information content (AvgIpc) is 3.02. The highest BCUT2D eigenvalue weighted by molar-refractivity contribution is 5.82. The molecule has 4 nitrogen and oxygen atoms in total. The summed E-state index contributed by atoms with van der Waals surface area (Å²) in [6, 6.07) is 1.09. The van der Waals surface area contributed by atoms with Gasteiger partial charge in [-0.05, 0) is 24.8 Å². The number of carbonyl (C=O) groups excluding carboxylic acids is 1. The lowest BCUT2D eigenvalue weighted by atomic mass is 9.81. The number of halogens is 3. The molecule has 0 spiro atoms. The van der Waals surface area contributed by atoms with E-state index in [1.807, 2.05) is 0 Å². The zero-order valence-electron chi connectivity index (χ0n) is 12.3. The van der Waals surface area contributed by atoms with Gasteiger partial charge < -0.3 is 10.0 Å². The molecule has 1 amide bonds. The molecule has 1 aliphatic carbocycles. The van der Waals surface area contributed by atoms with Crippen LogP contribution in [0.25, 0.3) is 0 Å². The SMILES string of the molecule is O=C(Cc1cc(F)c(F)cc1F)N1C[C@@H]2CCC[C@@]2(C(=O)O)C1. The second kappa shape index (κ2) is 5.54. The van der Waals surface area contributed by atoms with Crippen molar-refractivity contribution in [2.75, 3.05) is 13.1 Å². The fraction of sp³-hybridized carbons (Fsp3) is 0.500. The maximum absolute atomic E-state index is 13.6. The van der Waals surface area contributed by atoms with Crippen molar-refractivity contribution in [1.82, 2.24) is 4.90 Å². The first-order valence-electron chi connectivity index (χ1n) is 7.48. The zero-order valence-corrected chi connectivity index (χ0v) is 12.3. The summed E-state index contributed by atoms with van der Waals surface area (Å²) in [7, 11) is 0. The van der Waals surface area contributed by atoms with Crippen LogP contribution in [0.3, 0.4) is 0 Å². The number of nitrogens with zero attached hydrogens (tertiary/aromatic N) is 1. The van der Waals surface area contributed by atoms with E-state index in [-0.39, 0.29) is 18.0 Å². The molecular weight excluding hydrogens is 311 g/mol. The first-order valence-corrected chi connectivity index (χ1v) is 7.48. The Morgan fingerprint density at radius 3 is 2.57 bits per heavy atom. The Kier molecular flexibility index (Phi) is 3.82. The van der Waals surface area contributed by atoms with Crippen LogP contribution in [0.4, 0.5) is 13.2 Å². The van der Waals surface area contributed by atoms with Crippen LogP contribution in [-0.4, -0.2) is 35.0 Å². The van der Waals surface area contributed by atoms with Crippen LogP contribution in [0.2, 0.25) is 0 Å². The van der Waals surface area contributed by atoms with E-state index in [9.17, 15) is 27.9 Å². The maximum Gasteiger partial charge on any atom is 0.311 e. The fourth-order valence-corrected chi connectivity index (χ4v) is 3.80. The fourth-order valence-electron chi connectivity index (χ4n) is 3.80. The van der Waals surface area contributed by atoms with Gasteiger partial charge in [0.25, 0.3) is 0 Å². The molecule has 2 fully saturated rings. The molecule has 124 valence electrons. The van der Waals surface area contributed by atoms with Crippen LogP contribution in [0, 0.1) is 28.8 Å². The summed E-state index contributed by atoms with van der Waals surface area (Å²) in [5.74, 6) is -4.98. The monoisotopic (exact) mass is 327 g/mol. The van der Waals surface area contributed by atoms with Crippen LogP contribution in [0.5, 0.6) is 0 Å². The van der Waals surface area contributed by atoms with Gasteiger partial charge in [-0.3, -0.25) is 9.59 Å². The number of carbonyl (C=O) groups is 2. The number of benzene rings is 1. The molecule has 1 saturated heterocycles. The van der Waals surface area contributed by atoms with Crippen LogP contribution < -0.4 is 0 Å². The van der Waals surface area contributed by atoms with Gasteiger partial charge in [-0.25, -0.2) is 13.2 Å². The second-order valence-corrected chi connectivity index (χ2v) is 6.36. The van der Waals surface area contributed by atoms with Gasteiger partial charge >= 0.3 is 5.97 Å². The predicted octanol–water partition coefficient (Wildman–Crippen LogP) is 2.36. The van der Waals surface area contributed by atoms with E-state index in [4.69, 9.17) is 0 Å². The number of rotatable bonds is 3. The molecule has 7 heteroatoms. The molecule has 0 bridgehead atoms. The molecule has 2 aliphatic rings. The Bertz CT molecular complexity index is 679. The van der Waals surface area contributed by atoms with Crippen molar-refractivity contribution in [3.8, 4) is 0 Å². The summed E-state index contributed by atoms with van der Waals surface area (Å²) in [6.07, 6.45) is 1.67. The molecule has 0 radical (unpaired) electrons. The van der Waals surface area contributed by atoms with Crippen molar-refractivity contribution in [2.45, 2.75) is 25.7 Å². The minimum Gasteiger partial charge on any atom is -0.481 e. The van der Waals surface area contributed by atoms with Gasteiger partial charge in [0.2, 0.25) is 5.91 Å². The third-order valence-electron chi connectivity index (χ3n) is 5.08. The number of carboxylic acid groups (broad SMARTS) is 1. The van der Waals surface area contributed by atoms with Crippen molar-refractivity contribution in [2.24, 2.45) is 11.3 Å². The zero-order chi connectivity index (χ0) is 16.8. The predicted molar refractivity (Wildman–Crippen MR) is 74.0 cm³/mol. The molecule has 0 aromatic heterocycles. The average molecular weight is 327 g/mol. The van der Waals surface area contributed by atoms with Crippen LogP contribution in [0.1, 0.15) is 24.8 Å². The molecule has 3 rings (SSSR count). The minimum atomic E-state index is -1.31. The topological polar surface area (TPSA) is 57.6 Å². The standard InChI is InChI=1S/C16H16F3NO3/c17-11-6-13(19)12(18)4-9(11)5-14(21)20-7-10-2-1-3-16(10,8-20)15(22)23/h4,6,10H,1-3,5,7-8H2,(H,22,23)/t10-,16+/m0/s1. The second-order valence-electron chi connectivity index (χ2n) is 6.36. The molecule has 1 N–H and O–H groups in total. The number of likely N-dealkylation sites (tertiary alicyclic amines) is 1. The summed E-state index contributed by atoms with van der Waals surface area (Å²) in [4.78, 5) is 25.3. The largest absolute Gasteiger partial charge is 0.481 e. The van der Waals surface area contributed by atoms with Gasteiger partial charge in [0.15, 0.2) is 11.6 Å². The third kappa shape index (κ3) is 2.58. The van der Waals surface area contributed by atoms with Crippen molar-refractivity contribution in [3.63, 3.8) is 0 Å². The lowest BCUT2D eigenvalue weighted by molar-refractivity contribution is -0.149. The molecule has 1 aliphatic heterocycles. The molecule has 1 heterocycles. The number of fused-ring (bicyclic) bond motifs is 1. The van der Waals surface area contributed by atoms with E-state index in [0.29, 0.717) is 25.1 Å². The molecule has 1 aromatic rings. The normalized spacial score (nSPS) is 26.4. The van der Waals surface area contributed by atoms with Gasteiger partial charge in [-0.15, -0.1) is 0 Å². The van der Waals surface area contributed by atoms with E-state index in [1.54, 1.807) is 0 Å². The van der Waals surface area contributed by atoms with E-state index in [0.717, 1.165) is 12.8 Å². The molecule has 2 atom stereocenters. The highest BCUT2D eigenvalue weighted by Gasteiger charge is 2.55. The van der Waals surface area contributed by atoms with Gasteiger partial charge in [0.1, 0.15) is 5.82 Å². The van der Waals surface area contributed by atoms with E-state index in [1.165, 1.54) is 4.90 Å². The summed E-state index contributed by atoms with van der Waals surface area (Å²) >= 11 is 0. The Hall–Kier alpha value is -2.05. The van der Waals surface area contributed by atoms with Crippen LogP contribution >= 0.6 is 0 Å². The van der Waals surface area contributed by atoms with Gasteiger partial charge in [-0.2, -0.15) is 0 Å². The molecule has 1 aromatic carbocycles. The number of hydrogen-bond donors (Lipinski definition) is 1.